The molecule has 2 rings (SSSR count). The predicted molar refractivity (Wildman–Crippen MR) is 84.5 cm³/mol. The molecular formula is C17H24F3NO4. The summed E-state index contributed by atoms with van der Waals surface area (Å²) in [5.74, 6) is -4.09. The number of nitrogens with one attached hydrogen (secondary N) is 1. The number of halogens is 3. The van der Waals surface area contributed by atoms with E-state index < -0.39 is 35.0 Å². The molecule has 0 bridgehead atoms. The van der Waals surface area contributed by atoms with Gasteiger partial charge in [0, 0.05) is 32.3 Å². The highest BCUT2D eigenvalue weighted by Crippen LogP contribution is 2.34. The Balaban J connectivity index is 2.08. The van der Waals surface area contributed by atoms with Crippen LogP contribution in [-0.2, 0) is 9.47 Å². The van der Waals surface area contributed by atoms with Crippen molar-refractivity contribution in [2.45, 2.75) is 25.0 Å². The smallest absolute Gasteiger partial charge is 0.194 e. The lowest BCUT2D eigenvalue weighted by Crippen LogP contribution is -2.48. The Hall–Kier alpha value is -1.19. The third-order valence-corrected chi connectivity index (χ3v) is 4.81. The fraction of sp³-hybridized carbons (Fsp3) is 0.647. The van der Waals surface area contributed by atoms with Crippen molar-refractivity contribution in [3.05, 3.63) is 35.1 Å². The lowest BCUT2D eigenvalue weighted by atomic mass is 9.76. The fourth-order valence-corrected chi connectivity index (χ4v) is 3.06. The first-order valence-electron chi connectivity index (χ1n) is 8.17. The summed E-state index contributed by atoms with van der Waals surface area (Å²) in [6.45, 7) is 0.872. The van der Waals surface area contributed by atoms with Gasteiger partial charge in [-0.2, -0.15) is 0 Å². The van der Waals surface area contributed by atoms with E-state index in [0.29, 0.717) is 26.1 Å². The lowest BCUT2D eigenvalue weighted by molar-refractivity contribution is -0.0877. The van der Waals surface area contributed by atoms with Crippen LogP contribution in [0.4, 0.5) is 13.2 Å². The molecule has 5 nitrogen and oxygen atoms in total. The summed E-state index contributed by atoms with van der Waals surface area (Å²) < 4.78 is 50.4. The predicted octanol–water partition coefficient (Wildman–Crippen LogP) is 1.53. The maximum absolute atomic E-state index is 13.5. The van der Waals surface area contributed by atoms with E-state index in [4.69, 9.17) is 9.47 Å². The van der Waals surface area contributed by atoms with Crippen molar-refractivity contribution in [2.75, 3.05) is 40.1 Å². The van der Waals surface area contributed by atoms with E-state index in [1.807, 2.05) is 0 Å². The maximum atomic E-state index is 13.5. The van der Waals surface area contributed by atoms with E-state index >= 15 is 0 Å². The summed E-state index contributed by atoms with van der Waals surface area (Å²) in [7, 11) is 1.43. The molecule has 25 heavy (non-hydrogen) atoms. The van der Waals surface area contributed by atoms with E-state index in [0.717, 1.165) is 12.1 Å². The minimum Gasteiger partial charge on any atom is -0.396 e. The van der Waals surface area contributed by atoms with Crippen LogP contribution in [0.1, 0.15) is 24.4 Å². The van der Waals surface area contributed by atoms with Gasteiger partial charge in [-0.3, -0.25) is 0 Å². The van der Waals surface area contributed by atoms with Crippen molar-refractivity contribution in [3.63, 3.8) is 0 Å². The number of hydrogen-bond acceptors (Lipinski definition) is 5. The van der Waals surface area contributed by atoms with Crippen LogP contribution in [0.2, 0.25) is 0 Å². The number of aliphatic hydroxyl groups is 2. The summed E-state index contributed by atoms with van der Waals surface area (Å²) in [6.07, 6.45) is 0.151. The second kappa shape index (κ2) is 8.95. The molecule has 1 heterocycles. The van der Waals surface area contributed by atoms with Gasteiger partial charge in [0.25, 0.3) is 0 Å². The molecule has 2 atom stereocenters. The minimum atomic E-state index is -1.53. The van der Waals surface area contributed by atoms with E-state index in [-0.39, 0.29) is 25.3 Å². The van der Waals surface area contributed by atoms with Gasteiger partial charge in [-0.05, 0) is 30.5 Å². The van der Waals surface area contributed by atoms with Crippen LogP contribution in [0.25, 0.3) is 0 Å². The Labute approximate surface area is 144 Å². The minimum absolute atomic E-state index is 0.0759. The summed E-state index contributed by atoms with van der Waals surface area (Å²) in [5, 5.41) is 23.2. The van der Waals surface area contributed by atoms with Gasteiger partial charge in [0.2, 0.25) is 0 Å². The first-order chi connectivity index (χ1) is 11.9. The van der Waals surface area contributed by atoms with Gasteiger partial charge in [-0.25, -0.2) is 13.2 Å². The number of ether oxygens (including phenoxy) is 2. The Bertz CT molecular complexity index is 544. The Morgan fingerprint density at radius 3 is 2.36 bits per heavy atom. The summed E-state index contributed by atoms with van der Waals surface area (Å²) >= 11 is 0. The van der Waals surface area contributed by atoms with Crippen LogP contribution in [0.5, 0.6) is 0 Å². The standard InChI is InChI=1S/C17H24F3NO4/c1-24-9-14(11-6-12(18)16(20)13(19)7-11)21-8-15(23)17(10-22)2-4-25-5-3-17/h6-7,14-15,21-23H,2-5,8-10H2,1H3. The van der Waals surface area contributed by atoms with Gasteiger partial charge in [0.05, 0.1) is 25.4 Å². The molecule has 0 saturated carbocycles. The Morgan fingerprint density at radius 2 is 1.84 bits per heavy atom. The number of methoxy groups -OCH3 is 1. The van der Waals surface area contributed by atoms with Crippen molar-refractivity contribution in [1.82, 2.24) is 5.32 Å². The van der Waals surface area contributed by atoms with Crippen molar-refractivity contribution < 1.29 is 32.9 Å². The molecule has 1 aromatic carbocycles. The Morgan fingerprint density at radius 1 is 1.24 bits per heavy atom. The van der Waals surface area contributed by atoms with Gasteiger partial charge in [0.15, 0.2) is 17.5 Å². The number of rotatable bonds is 8. The molecule has 8 heteroatoms. The van der Waals surface area contributed by atoms with Crippen LogP contribution < -0.4 is 5.32 Å². The van der Waals surface area contributed by atoms with Crippen molar-refractivity contribution in [2.24, 2.45) is 5.41 Å². The van der Waals surface area contributed by atoms with E-state index in [2.05, 4.69) is 5.32 Å². The highest BCUT2D eigenvalue weighted by atomic mass is 19.2. The van der Waals surface area contributed by atoms with Crippen molar-refractivity contribution >= 4 is 0 Å². The zero-order chi connectivity index (χ0) is 18.4. The average molecular weight is 363 g/mol. The third kappa shape index (κ3) is 4.71. The van der Waals surface area contributed by atoms with Gasteiger partial charge >= 0.3 is 0 Å². The second-order valence-electron chi connectivity index (χ2n) is 6.36. The fourth-order valence-electron chi connectivity index (χ4n) is 3.06. The van der Waals surface area contributed by atoms with E-state index in [9.17, 15) is 23.4 Å². The molecule has 1 aromatic rings. The molecular weight excluding hydrogens is 339 g/mol. The average Bonchev–Trinajstić information content (AvgIpc) is 2.63. The number of aliphatic hydroxyl groups excluding tert-OH is 2. The first-order valence-corrected chi connectivity index (χ1v) is 8.17. The topological polar surface area (TPSA) is 71.0 Å². The van der Waals surface area contributed by atoms with Gasteiger partial charge in [-0.1, -0.05) is 0 Å². The molecule has 142 valence electrons. The number of hydrogen-bond donors (Lipinski definition) is 3. The van der Waals surface area contributed by atoms with Gasteiger partial charge < -0.3 is 25.0 Å². The quantitative estimate of drug-likeness (QED) is 0.611. The highest BCUT2D eigenvalue weighted by molar-refractivity contribution is 5.23. The van der Waals surface area contributed by atoms with Crippen molar-refractivity contribution in [1.29, 1.82) is 0 Å². The zero-order valence-corrected chi connectivity index (χ0v) is 14.1. The molecule has 1 aliphatic rings. The van der Waals surface area contributed by atoms with Crippen LogP contribution in [0.15, 0.2) is 12.1 Å². The molecule has 0 spiro atoms. The summed E-state index contributed by atoms with van der Waals surface area (Å²) in [4.78, 5) is 0. The normalized spacial score (nSPS) is 19.6. The first kappa shape index (κ1) is 20.1. The molecule has 3 N–H and O–H groups in total. The van der Waals surface area contributed by atoms with E-state index in [1.54, 1.807) is 0 Å². The molecule has 0 aromatic heterocycles. The van der Waals surface area contributed by atoms with Crippen LogP contribution in [0.3, 0.4) is 0 Å². The lowest BCUT2D eigenvalue weighted by Gasteiger charge is -2.40. The SMILES string of the molecule is COCC(NCC(O)C1(CO)CCOCC1)c1cc(F)c(F)c(F)c1. The zero-order valence-electron chi connectivity index (χ0n) is 14.1. The molecule has 0 amide bonds. The monoisotopic (exact) mass is 363 g/mol. The van der Waals surface area contributed by atoms with E-state index in [1.165, 1.54) is 7.11 Å². The maximum Gasteiger partial charge on any atom is 0.194 e. The van der Waals surface area contributed by atoms with Crippen LogP contribution in [0, 0.1) is 22.9 Å². The van der Waals surface area contributed by atoms with Gasteiger partial charge in [0.1, 0.15) is 0 Å². The molecule has 1 fully saturated rings. The second-order valence-corrected chi connectivity index (χ2v) is 6.36. The van der Waals surface area contributed by atoms with Crippen LogP contribution >= 0.6 is 0 Å². The van der Waals surface area contributed by atoms with Gasteiger partial charge in [-0.15, -0.1) is 0 Å². The van der Waals surface area contributed by atoms with Crippen LogP contribution in [-0.4, -0.2) is 56.4 Å². The molecule has 0 radical (unpaired) electrons. The number of benzene rings is 1. The largest absolute Gasteiger partial charge is 0.396 e. The highest BCUT2D eigenvalue weighted by Gasteiger charge is 2.39. The molecule has 1 saturated heterocycles. The molecule has 1 aliphatic heterocycles. The molecule has 0 aliphatic carbocycles. The Kier molecular flexibility index (Phi) is 7.21. The van der Waals surface area contributed by atoms with Crippen molar-refractivity contribution in [3.8, 4) is 0 Å². The third-order valence-electron chi connectivity index (χ3n) is 4.81. The summed E-state index contributed by atoms with van der Waals surface area (Å²) in [5.41, 5.74) is -0.502. The summed E-state index contributed by atoms with van der Waals surface area (Å²) in [6, 6.07) is 1.16. The molecule has 2 unspecified atom stereocenters.